The minimum Gasteiger partial charge on any atom is -0.378 e. The second kappa shape index (κ2) is 6.38. The Hall–Kier alpha value is -2.88. The highest BCUT2D eigenvalue weighted by Crippen LogP contribution is 2.50. The number of anilines is 1. The zero-order valence-electron chi connectivity index (χ0n) is 14.6. The molecule has 1 N–H and O–H groups in total. The third-order valence-corrected chi connectivity index (χ3v) is 6.44. The number of nitrogens with one attached hydrogen (secondary N) is 1. The van der Waals surface area contributed by atoms with Crippen molar-refractivity contribution < 1.29 is 9.53 Å². The van der Waals surface area contributed by atoms with Crippen molar-refractivity contribution in [1.82, 2.24) is 5.32 Å². The normalized spacial score (nSPS) is 19.0. The fourth-order valence-corrected chi connectivity index (χ4v) is 5.09. The number of thiophene rings is 1. The van der Waals surface area contributed by atoms with Gasteiger partial charge in [0.2, 0.25) is 5.69 Å². The van der Waals surface area contributed by atoms with Gasteiger partial charge in [0.25, 0.3) is 5.91 Å². The number of carbonyl (C=O) groups is 1. The Morgan fingerprint density at radius 3 is 2.70 bits per heavy atom. The number of fused-ring (bicyclic) bond motifs is 2. The van der Waals surface area contributed by atoms with Crippen molar-refractivity contribution in [2.24, 2.45) is 0 Å². The van der Waals surface area contributed by atoms with E-state index >= 15 is 0 Å². The number of ether oxygens (including phenoxy) is 1. The van der Waals surface area contributed by atoms with Crippen molar-refractivity contribution in [3.63, 3.8) is 0 Å². The third kappa shape index (κ3) is 2.59. The molecular weight excluding hydrogens is 358 g/mol. The van der Waals surface area contributed by atoms with Crippen molar-refractivity contribution in [3.05, 3.63) is 69.9 Å². The quantitative estimate of drug-likeness (QED) is 0.686. The van der Waals surface area contributed by atoms with Gasteiger partial charge in [0.1, 0.15) is 0 Å². The maximum Gasteiger partial charge on any atom is 0.261 e. The van der Waals surface area contributed by atoms with Crippen LogP contribution in [0.4, 0.5) is 10.7 Å². The average Bonchev–Trinajstić information content (AvgIpc) is 3.26. The van der Waals surface area contributed by atoms with Crippen LogP contribution in [-0.2, 0) is 4.74 Å². The second-order valence-electron chi connectivity index (χ2n) is 6.72. The number of hydrogen-bond acceptors (Lipinski definition) is 4. The summed E-state index contributed by atoms with van der Waals surface area (Å²) in [6.07, 6.45) is 0. The molecule has 1 unspecified atom stereocenters. The van der Waals surface area contributed by atoms with E-state index in [2.05, 4.69) is 39.3 Å². The van der Waals surface area contributed by atoms with Crippen LogP contribution in [0, 0.1) is 6.57 Å². The predicted molar refractivity (Wildman–Crippen MR) is 107 cm³/mol. The number of rotatable bonds is 2. The monoisotopic (exact) mass is 375 g/mol. The molecule has 6 heteroatoms. The lowest BCUT2D eigenvalue weighted by Crippen LogP contribution is -2.35. The second-order valence-corrected chi connectivity index (χ2v) is 7.72. The minimum atomic E-state index is -0.271. The number of amides is 1. The number of carbonyl (C=O) groups excluding carboxylic acids is 1. The van der Waals surface area contributed by atoms with Gasteiger partial charge in [0.05, 0.1) is 35.7 Å². The van der Waals surface area contributed by atoms with E-state index < -0.39 is 0 Å². The van der Waals surface area contributed by atoms with Crippen LogP contribution in [0.15, 0.2) is 42.5 Å². The summed E-state index contributed by atoms with van der Waals surface area (Å²) >= 11 is 1.43. The Morgan fingerprint density at radius 2 is 1.93 bits per heavy atom. The summed E-state index contributed by atoms with van der Waals surface area (Å²) in [4.78, 5) is 19.3. The molecule has 0 bridgehead atoms. The molecule has 2 aliphatic heterocycles. The van der Waals surface area contributed by atoms with Gasteiger partial charge >= 0.3 is 0 Å². The van der Waals surface area contributed by atoms with Crippen LogP contribution >= 0.6 is 11.3 Å². The molecule has 3 heterocycles. The SMILES string of the molecule is [C-]#[N+]c1c(N2CCOCC2)sc2c1C(c1ccc3ccccc3c1)NC2=O. The van der Waals surface area contributed by atoms with E-state index in [1.165, 1.54) is 11.3 Å². The van der Waals surface area contributed by atoms with E-state index in [9.17, 15) is 4.79 Å². The molecule has 2 aliphatic rings. The first-order valence-electron chi connectivity index (χ1n) is 8.92. The number of nitrogens with zero attached hydrogens (tertiary/aromatic N) is 2. The first-order chi connectivity index (χ1) is 13.3. The molecular formula is C21H17N3O2S. The molecule has 134 valence electrons. The number of hydrogen-bond donors (Lipinski definition) is 1. The van der Waals surface area contributed by atoms with E-state index in [4.69, 9.17) is 11.3 Å². The number of benzene rings is 2. The highest BCUT2D eigenvalue weighted by atomic mass is 32.1. The van der Waals surface area contributed by atoms with Gasteiger partial charge < -0.3 is 15.0 Å². The van der Waals surface area contributed by atoms with Gasteiger partial charge in [-0.1, -0.05) is 36.4 Å². The molecule has 1 atom stereocenters. The van der Waals surface area contributed by atoms with Gasteiger partial charge in [-0.25, -0.2) is 4.85 Å². The molecule has 5 rings (SSSR count). The van der Waals surface area contributed by atoms with Gasteiger partial charge in [-0.2, -0.15) is 0 Å². The molecule has 1 amide bonds. The molecule has 0 spiro atoms. The van der Waals surface area contributed by atoms with Gasteiger partial charge in [-0.3, -0.25) is 4.79 Å². The van der Waals surface area contributed by atoms with Gasteiger partial charge in [-0.15, -0.1) is 11.3 Å². The van der Waals surface area contributed by atoms with Crippen molar-refractivity contribution in [2.75, 3.05) is 31.2 Å². The van der Waals surface area contributed by atoms with Gasteiger partial charge in [0.15, 0.2) is 0 Å². The Kier molecular flexibility index (Phi) is 3.85. The predicted octanol–water partition coefficient (Wildman–Crippen LogP) is 4.12. The Morgan fingerprint density at radius 1 is 1.15 bits per heavy atom. The summed E-state index contributed by atoms with van der Waals surface area (Å²) in [7, 11) is 0. The summed E-state index contributed by atoms with van der Waals surface area (Å²) < 4.78 is 5.43. The Balaban J connectivity index is 1.62. The molecule has 0 aliphatic carbocycles. The fraction of sp³-hybridized carbons (Fsp3) is 0.238. The van der Waals surface area contributed by atoms with E-state index in [0.29, 0.717) is 23.8 Å². The molecule has 27 heavy (non-hydrogen) atoms. The summed E-state index contributed by atoms with van der Waals surface area (Å²) in [6, 6.07) is 14.1. The zero-order chi connectivity index (χ0) is 18.4. The molecule has 5 nitrogen and oxygen atoms in total. The van der Waals surface area contributed by atoms with Gasteiger partial charge in [-0.05, 0) is 22.4 Å². The van der Waals surface area contributed by atoms with E-state index in [1.807, 2.05) is 18.2 Å². The maximum absolute atomic E-state index is 12.6. The van der Waals surface area contributed by atoms with Crippen LogP contribution in [0.25, 0.3) is 15.6 Å². The zero-order valence-corrected chi connectivity index (χ0v) is 15.4. The lowest BCUT2D eigenvalue weighted by atomic mass is 9.98. The van der Waals surface area contributed by atoms with Crippen molar-refractivity contribution >= 4 is 38.7 Å². The summed E-state index contributed by atoms with van der Waals surface area (Å²) in [5.74, 6) is -0.0856. The van der Waals surface area contributed by atoms with Gasteiger partial charge in [0, 0.05) is 18.7 Å². The fourth-order valence-electron chi connectivity index (χ4n) is 3.85. The molecule has 1 saturated heterocycles. The highest BCUT2D eigenvalue weighted by molar-refractivity contribution is 7.19. The Bertz CT molecular complexity index is 1090. The van der Waals surface area contributed by atoms with E-state index in [-0.39, 0.29) is 11.9 Å². The third-order valence-electron chi connectivity index (χ3n) is 5.19. The molecule has 1 fully saturated rings. The van der Waals surface area contributed by atoms with E-state index in [0.717, 1.165) is 40.0 Å². The summed E-state index contributed by atoms with van der Waals surface area (Å²) in [5.41, 5.74) is 2.45. The first-order valence-corrected chi connectivity index (χ1v) is 9.74. The highest BCUT2D eigenvalue weighted by Gasteiger charge is 2.37. The topological polar surface area (TPSA) is 45.9 Å². The maximum atomic E-state index is 12.6. The Labute approximate surface area is 161 Å². The molecule has 0 radical (unpaired) electrons. The standard InChI is InChI=1S/C21H17N3O2S/c1-22-18-16-17(15-7-6-13-4-2-3-5-14(13)12-15)23-20(25)19(16)27-21(18)24-8-10-26-11-9-24/h2-7,12,17H,8-11H2,(H,23,25). The van der Waals surface area contributed by atoms with Crippen LogP contribution in [0.5, 0.6) is 0 Å². The molecule has 2 aromatic carbocycles. The van der Waals surface area contributed by atoms with Crippen LogP contribution in [-0.4, -0.2) is 32.2 Å². The van der Waals surface area contributed by atoms with Crippen molar-refractivity contribution in [1.29, 1.82) is 0 Å². The first kappa shape index (κ1) is 16.3. The van der Waals surface area contributed by atoms with Crippen molar-refractivity contribution in [3.8, 4) is 0 Å². The molecule has 0 saturated carbocycles. The summed E-state index contributed by atoms with van der Waals surface area (Å²) in [5, 5.41) is 6.26. The molecule has 3 aromatic rings. The smallest absolute Gasteiger partial charge is 0.261 e. The van der Waals surface area contributed by atoms with Crippen LogP contribution in [0.2, 0.25) is 0 Å². The van der Waals surface area contributed by atoms with Crippen LogP contribution in [0.1, 0.15) is 26.8 Å². The lowest BCUT2D eigenvalue weighted by molar-refractivity contribution is 0.0964. The largest absolute Gasteiger partial charge is 0.378 e. The number of morpholine rings is 1. The summed E-state index contributed by atoms with van der Waals surface area (Å²) in [6.45, 7) is 10.6. The molecule has 1 aromatic heterocycles. The van der Waals surface area contributed by atoms with Crippen LogP contribution < -0.4 is 10.2 Å². The van der Waals surface area contributed by atoms with Crippen LogP contribution in [0.3, 0.4) is 0 Å². The minimum absolute atomic E-state index is 0.0856. The lowest BCUT2D eigenvalue weighted by Gasteiger charge is -2.28. The van der Waals surface area contributed by atoms with E-state index in [1.54, 1.807) is 0 Å². The van der Waals surface area contributed by atoms with Crippen molar-refractivity contribution in [2.45, 2.75) is 6.04 Å². The average molecular weight is 375 g/mol.